The molecule has 0 amide bonds. The summed E-state index contributed by atoms with van der Waals surface area (Å²) in [4.78, 5) is 2.78. The van der Waals surface area contributed by atoms with Crippen LogP contribution in [0.25, 0.3) is 0 Å². The third-order valence-corrected chi connectivity index (χ3v) is 5.52. The molecule has 0 saturated carbocycles. The van der Waals surface area contributed by atoms with E-state index in [1.165, 1.54) is 58.0 Å². The highest BCUT2D eigenvalue weighted by molar-refractivity contribution is 4.97. The molecule has 3 atom stereocenters. The predicted molar refractivity (Wildman–Crippen MR) is 90.3 cm³/mol. The summed E-state index contributed by atoms with van der Waals surface area (Å²) in [5, 5.41) is 3.88. The van der Waals surface area contributed by atoms with Gasteiger partial charge in [0.05, 0.1) is 0 Å². The molecule has 1 N–H and O–H groups in total. The summed E-state index contributed by atoms with van der Waals surface area (Å²) in [7, 11) is 0. The lowest BCUT2D eigenvalue weighted by atomic mass is 9.80. The molecular weight excluding hydrogens is 244 g/mol. The van der Waals surface area contributed by atoms with Crippen molar-refractivity contribution in [2.45, 2.75) is 91.1 Å². The van der Waals surface area contributed by atoms with Crippen LogP contribution < -0.4 is 5.32 Å². The minimum absolute atomic E-state index is 0.332. The number of likely N-dealkylation sites (tertiary alicyclic amines) is 1. The molecule has 1 saturated heterocycles. The summed E-state index contributed by atoms with van der Waals surface area (Å²) in [6, 6.07) is 0.639. The van der Waals surface area contributed by atoms with Gasteiger partial charge in [0, 0.05) is 11.6 Å². The highest BCUT2D eigenvalue weighted by atomic mass is 15.2. The number of nitrogens with one attached hydrogen (secondary N) is 1. The molecule has 0 aromatic heterocycles. The van der Waals surface area contributed by atoms with Gasteiger partial charge in [0.2, 0.25) is 0 Å². The topological polar surface area (TPSA) is 15.3 Å². The zero-order chi connectivity index (χ0) is 15.0. The van der Waals surface area contributed by atoms with Crippen molar-refractivity contribution in [1.82, 2.24) is 10.2 Å². The van der Waals surface area contributed by atoms with Crippen molar-refractivity contribution in [3.05, 3.63) is 0 Å². The molecule has 1 fully saturated rings. The fraction of sp³-hybridized carbons (Fsp3) is 1.00. The van der Waals surface area contributed by atoms with E-state index in [-0.39, 0.29) is 0 Å². The van der Waals surface area contributed by atoms with E-state index in [1.807, 2.05) is 0 Å². The fourth-order valence-electron chi connectivity index (χ4n) is 3.54. The molecule has 120 valence electrons. The molecule has 1 rings (SSSR count). The van der Waals surface area contributed by atoms with Crippen molar-refractivity contribution >= 4 is 0 Å². The average Bonchev–Trinajstić information content (AvgIpc) is 2.51. The van der Waals surface area contributed by atoms with Crippen LogP contribution in [0.4, 0.5) is 0 Å². The largest absolute Gasteiger partial charge is 0.312 e. The van der Waals surface area contributed by atoms with E-state index >= 15 is 0 Å². The van der Waals surface area contributed by atoms with Gasteiger partial charge in [-0.05, 0) is 64.6 Å². The van der Waals surface area contributed by atoms with Crippen molar-refractivity contribution in [3.8, 4) is 0 Å². The Kier molecular flexibility index (Phi) is 8.13. The fourth-order valence-corrected chi connectivity index (χ4v) is 3.54. The third kappa shape index (κ3) is 4.73. The molecule has 2 heteroatoms. The van der Waals surface area contributed by atoms with Crippen LogP contribution in [0, 0.1) is 5.92 Å². The molecule has 1 aliphatic heterocycles. The van der Waals surface area contributed by atoms with Crippen LogP contribution >= 0.6 is 0 Å². The quantitative estimate of drug-likeness (QED) is 0.672. The summed E-state index contributed by atoms with van der Waals surface area (Å²) in [5.41, 5.74) is 0.332. The van der Waals surface area contributed by atoms with Crippen LogP contribution in [0.2, 0.25) is 0 Å². The lowest BCUT2D eigenvalue weighted by Crippen LogP contribution is -2.61. The Morgan fingerprint density at radius 2 is 1.75 bits per heavy atom. The standard InChI is InChI=1S/C18H38N2/c1-6-12-19-17(15-16(4)7-2)18(5,8-3)20-13-10-9-11-14-20/h16-17,19H,6-15H2,1-5H3. The molecule has 0 bridgehead atoms. The van der Waals surface area contributed by atoms with Gasteiger partial charge in [-0.2, -0.15) is 0 Å². The summed E-state index contributed by atoms with van der Waals surface area (Å²) in [6.45, 7) is 15.7. The van der Waals surface area contributed by atoms with Crippen LogP contribution in [-0.2, 0) is 0 Å². The zero-order valence-electron chi connectivity index (χ0n) is 14.7. The Bertz CT molecular complexity index is 248. The number of hydrogen-bond donors (Lipinski definition) is 1. The zero-order valence-corrected chi connectivity index (χ0v) is 14.7. The second-order valence-corrected chi connectivity index (χ2v) is 7.01. The highest BCUT2D eigenvalue weighted by Crippen LogP contribution is 2.31. The van der Waals surface area contributed by atoms with E-state index in [0.29, 0.717) is 11.6 Å². The molecule has 1 aliphatic rings. The van der Waals surface area contributed by atoms with Crippen LogP contribution in [0.5, 0.6) is 0 Å². The second-order valence-electron chi connectivity index (χ2n) is 7.01. The summed E-state index contributed by atoms with van der Waals surface area (Å²) >= 11 is 0. The molecule has 3 unspecified atom stereocenters. The Hall–Kier alpha value is -0.0800. The number of piperidine rings is 1. The average molecular weight is 283 g/mol. The highest BCUT2D eigenvalue weighted by Gasteiger charge is 2.38. The minimum Gasteiger partial charge on any atom is -0.312 e. The maximum atomic E-state index is 3.88. The van der Waals surface area contributed by atoms with E-state index in [9.17, 15) is 0 Å². The Balaban J connectivity index is 2.79. The molecule has 0 aromatic carbocycles. The summed E-state index contributed by atoms with van der Waals surface area (Å²) in [6.07, 6.45) is 9.30. The number of nitrogens with zero attached hydrogens (tertiary/aromatic N) is 1. The number of hydrogen-bond acceptors (Lipinski definition) is 2. The van der Waals surface area contributed by atoms with Gasteiger partial charge < -0.3 is 5.32 Å². The lowest BCUT2D eigenvalue weighted by Gasteiger charge is -2.49. The van der Waals surface area contributed by atoms with E-state index in [4.69, 9.17) is 0 Å². The summed E-state index contributed by atoms with van der Waals surface area (Å²) in [5.74, 6) is 0.819. The van der Waals surface area contributed by atoms with Crippen LogP contribution in [0.3, 0.4) is 0 Å². The van der Waals surface area contributed by atoms with Crippen molar-refractivity contribution < 1.29 is 0 Å². The van der Waals surface area contributed by atoms with Crippen molar-refractivity contribution in [3.63, 3.8) is 0 Å². The van der Waals surface area contributed by atoms with Gasteiger partial charge >= 0.3 is 0 Å². The van der Waals surface area contributed by atoms with E-state index in [0.717, 1.165) is 12.5 Å². The predicted octanol–water partition coefficient (Wildman–Crippen LogP) is 4.45. The van der Waals surface area contributed by atoms with Gasteiger partial charge in [-0.3, -0.25) is 4.90 Å². The van der Waals surface area contributed by atoms with Gasteiger partial charge in [0.1, 0.15) is 0 Å². The Morgan fingerprint density at radius 1 is 1.10 bits per heavy atom. The monoisotopic (exact) mass is 282 g/mol. The normalized spacial score (nSPS) is 23.2. The van der Waals surface area contributed by atoms with Crippen LogP contribution in [0.15, 0.2) is 0 Å². The first kappa shape index (κ1) is 18.0. The smallest absolute Gasteiger partial charge is 0.0331 e. The summed E-state index contributed by atoms with van der Waals surface area (Å²) < 4.78 is 0. The second kappa shape index (κ2) is 9.04. The molecule has 0 aliphatic carbocycles. The first-order chi connectivity index (χ1) is 9.58. The Morgan fingerprint density at radius 3 is 2.25 bits per heavy atom. The molecule has 0 spiro atoms. The maximum absolute atomic E-state index is 3.88. The Labute approximate surface area is 127 Å². The minimum atomic E-state index is 0.332. The van der Waals surface area contributed by atoms with Gasteiger partial charge in [0.15, 0.2) is 0 Å². The molecule has 0 radical (unpaired) electrons. The van der Waals surface area contributed by atoms with Gasteiger partial charge in [-0.1, -0.05) is 40.5 Å². The molecule has 20 heavy (non-hydrogen) atoms. The van der Waals surface area contributed by atoms with Crippen LogP contribution in [-0.4, -0.2) is 36.1 Å². The van der Waals surface area contributed by atoms with Gasteiger partial charge in [0.25, 0.3) is 0 Å². The van der Waals surface area contributed by atoms with E-state index in [1.54, 1.807) is 0 Å². The van der Waals surface area contributed by atoms with Crippen molar-refractivity contribution in [1.29, 1.82) is 0 Å². The van der Waals surface area contributed by atoms with Crippen molar-refractivity contribution in [2.75, 3.05) is 19.6 Å². The van der Waals surface area contributed by atoms with Crippen molar-refractivity contribution in [2.24, 2.45) is 5.92 Å². The van der Waals surface area contributed by atoms with E-state index in [2.05, 4.69) is 44.8 Å². The molecule has 1 heterocycles. The SMILES string of the molecule is CCCNC(CC(C)CC)C(C)(CC)N1CCCCC1. The van der Waals surface area contributed by atoms with Gasteiger partial charge in [-0.25, -0.2) is 0 Å². The third-order valence-electron chi connectivity index (χ3n) is 5.52. The first-order valence-electron chi connectivity index (χ1n) is 9.06. The lowest BCUT2D eigenvalue weighted by molar-refractivity contribution is 0.0355. The maximum Gasteiger partial charge on any atom is 0.0331 e. The molecule has 0 aromatic rings. The first-order valence-corrected chi connectivity index (χ1v) is 9.06. The molecule has 2 nitrogen and oxygen atoms in total. The molecular formula is C18H38N2. The number of rotatable bonds is 9. The van der Waals surface area contributed by atoms with E-state index < -0.39 is 0 Å². The van der Waals surface area contributed by atoms with Gasteiger partial charge in [-0.15, -0.1) is 0 Å². The van der Waals surface area contributed by atoms with Crippen LogP contribution in [0.1, 0.15) is 79.6 Å².